The third-order valence-electron chi connectivity index (χ3n) is 4.72. The van der Waals surface area contributed by atoms with Crippen LogP contribution in [0.15, 0.2) is 24.3 Å². The summed E-state index contributed by atoms with van der Waals surface area (Å²) in [6.45, 7) is 4.62. The van der Waals surface area contributed by atoms with Gasteiger partial charge >= 0.3 is 0 Å². The van der Waals surface area contributed by atoms with Crippen molar-refractivity contribution in [2.24, 2.45) is 5.92 Å². The molecule has 0 bridgehead atoms. The molecule has 1 aromatic rings. The van der Waals surface area contributed by atoms with Crippen LogP contribution in [0.25, 0.3) is 0 Å². The molecule has 1 atom stereocenters. The molecule has 2 aliphatic rings. The fourth-order valence-electron chi connectivity index (χ4n) is 3.35. The highest BCUT2D eigenvalue weighted by Crippen LogP contribution is 2.22. The first-order valence-electron chi connectivity index (χ1n) is 8.51. The largest absolute Gasteiger partial charge is 0.379 e. The van der Waals surface area contributed by atoms with E-state index in [1.54, 1.807) is 24.3 Å². The number of piperidine rings is 1. The summed E-state index contributed by atoms with van der Waals surface area (Å²) in [6.07, 6.45) is 1.69. The number of likely N-dealkylation sites (tertiary alicyclic amines) is 1. The van der Waals surface area contributed by atoms with E-state index in [-0.39, 0.29) is 17.6 Å². The first-order valence-corrected chi connectivity index (χ1v) is 8.89. The molecule has 0 spiro atoms. The van der Waals surface area contributed by atoms with Gasteiger partial charge in [0.15, 0.2) is 5.78 Å². The molecule has 6 heteroatoms. The summed E-state index contributed by atoms with van der Waals surface area (Å²) >= 11 is 5.98. The van der Waals surface area contributed by atoms with E-state index in [9.17, 15) is 9.59 Å². The van der Waals surface area contributed by atoms with Crippen LogP contribution in [0.3, 0.4) is 0 Å². The fraction of sp³-hybridized carbons (Fsp3) is 0.556. The van der Waals surface area contributed by atoms with Crippen LogP contribution in [0.1, 0.15) is 23.2 Å². The summed E-state index contributed by atoms with van der Waals surface area (Å²) in [4.78, 5) is 29.2. The van der Waals surface area contributed by atoms with Gasteiger partial charge in [0.25, 0.3) is 0 Å². The molecule has 0 aromatic heterocycles. The highest BCUT2D eigenvalue weighted by atomic mass is 35.5. The maximum atomic E-state index is 12.7. The zero-order chi connectivity index (χ0) is 16.9. The number of rotatable bonds is 4. The molecule has 0 N–H and O–H groups in total. The number of ether oxygens (including phenoxy) is 1. The van der Waals surface area contributed by atoms with Crippen LogP contribution in [-0.4, -0.2) is 67.4 Å². The van der Waals surface area contributed by atoms with Gasteiger partial charge in [0.05, 0.1) is 19.8 Å². The highest BCUT2D eigenvalue weighted by Gasteiger charge is 2.29. The molecule has 0 saturated carbocycles. The molecule has 0 aliphatic carbocycles. The second-order valence-electron chi connectivity index (χ2n) is 6.44. The standard InChI is InChI=1S/C18H23ClN2O3/c19-16-5-1-3-14(11-16)18(23)15-4-2-6-21(12-15)17(22)13-20-7-9-24-10-8-20/h1,3,5,11,15H,2,4,6-10,12-13H2. The first-order chi connectivity index (χ1) is 11.6. The summed E-state index contributed by atoms with van der Waals surface area (Å²) in [5, 5.41) is 0.567. The van der Waals surface area contributed by atoms with Crippen LogP contribution in [0.5, 0.6) is 0 Å². The number of Topliss-reactive ketones (excluding diaryl/α,β-unsaturated/α-hetero) is 1. The Hall–Kier alpha value is -1.43. The van der Waals surface area contributed by atoms with Crippen LogP contribution in [0, 0.1) is 5.92 Å². The zero-order valence-corrected chi connectivity index (χ0v) is 14.5. The van der Waals surface area contributed by atoms with E-state index in [2.05, 4.69) is 4.90 Å². The van der Waals surface area contributed by atoms with Gasteiger partial charge in [-0.3, -0.25) is 14.5 Å². The molecule has 1 aromatic carbocycles. The zero-order valence-electron chi connectivity index (χ0n) is 13.7. The number of nitrogens with zero attached hydrogens (tertiary/aromatic N) is 2. The molecule has 1 amide bonds. The summed E-state index contributed by atoms with van der Waals surface area (Å²) in [6, 6.07) is 7.05. The lowest BCUT2D eigenvalue weighted by atomic mass is 9.90. The normalized spacial score (nSPS) is 22.4. The van der Waals surface area contributed by atoms with Crippen LogP contribution in [0.2, 0.25) is 5.02 Å². The van der Waals surface area contributed by atoms with Crippen LogP contribution in [0.4, 0.5) is 0 Å². The van der Waals surface area contributed by atoms with E-state index in [1.165, 1.54) is 0 Å². The third kappa shape index (κ3) is 4.35. The number of carbonyl (C=O) groups excluding carboxylic acids is 2. The molecule has 24 heavy (non-hydrogen) atoms. The number of carbonyl (C=O) groups is 2. The first kappa shape index (κ1) is 17.4. The Morgan fingerprint density at radius 2 is 2.00 bits per heavy atom. The molecule has 1 unspecified atom stereocenters. The Kier molecular flexibility index (Phi) is 5.87. The van der Waals surface area contributed by atoms with Crippen molar-refractivity contribution in [1.29, 1.82) is 0 Å². The number of amides is 1. The van der Waals surface area contributed by atoms with Gasteiger partial charge in [-0.25, -0.2) is 0 Å². The van der Waals surface area contributed by atoms with Crippen LogP contribution >= 0.6 is 11.6 Å². The number of halogens is 1. The topological polar surface area (TPSA) is 49.9 Å². The van der Waals surface area contributed by atoms with E-state index in [4.69, 9.17) is 16.3 Å². The third-order valence-corrected chi connectivity index (χ3v) is 4.95. The van der Waals surface area contributed by atoms with Gasteiger partial charge in [0.2, 0.25) is 5.91 Å². The monoisotopic (exact) mass is 350 g/mol. The van der Waals surface area contributed by atoms with Crippen molar-refractivity contribution in [3.8, 4) is 0 Å². The Morgan fingerprint density at radius 1 is 1.21 bits per heavy atom. The van der Waals surface area contributed by atoms with Crippen molar-refractivity contribution in [3.05, 3.63) is 34.9 Å². The number of morpholine rings is 1. The van der Waals surface area contributed by atoms with E-state index in [1.807, 2.05) is 4.90 Å². The molecule has 130 valence electrons. The highest BCUT2D eigenvalue weighted by molar-refractivity contribution is 6.31. The van der Waals surface area contributed by atoms with E-state index in [0.29, 0.717) is 36.9 Å². The average molecular weight is 351 g/mol. The molecule has 2 saturated heterocycles. The second-order valence-corrected chi connectivity index (χ2v) is 6.88. The van der Waals surface area contributed by atoms with E-state index in [0.717, 1.165) is 32.5 Å². The lowest BCUT2D eigenvalue weighted by molar-refractivity contribution is -0.134. The fourth-order valence-corrected chi connectivity index (χ4v) is 3.54. The smallest absolute Gasteiger partial charge is 0.236 e. The van der Waals surface area contributed by atoms with Crippen molar-refractivity contribution in [2.75, 3.05) is 45.9 Å². The van der Waals surface area contributed by atoms with Gasteiger partial charge in [-0.15, -0.1) is 0 Å². The number of hydrogen-bond donors (Lipinski definition) is 0. The van der Waals surface area contributed by atoms with Crippen molar-refractivity contribution in [3.63, 3.8) is 0 Å². The van der Waals surface area contributed by atoms with Gasteiger partial charge in [-0.05, 0) is 25.0 Å². The molecule has 3 rings (SSSR count). The van der Waals surface area contributed by atoms with Gasteiger partial charge in [-0.2, -0.15) is 0 Å². The van der Waals surface area contributed by atoms with Crippen molar-refractivity contribution in [1.82, 2.24) is 9.80 Å². The van der Waals surface area contributed by atoms with Crippen molar-refractivity contribution >= 4 is 23.3 Å². The minimum Gasteiger partial charge on any atom is -0.379 e. The molecule has 2 heterocycles. The summed E-state index contributed by atoms with van der Waals surface area (Å²) in [7, 11) is 0. The van der Waals surface area contributed by atoms with Gasteiger partial charge in [0.1, 0.15) is 0 Å². The SMILES string of the molecule is O=C(c1cccc(Cl)c1)C1CCCN(C(=O)CN2CCOCC2)C1. The molecular weight excluding hydrogens is 328 g/mol. The summed E-state index contributed by atoms with van der Waals surface area (Å²) < 4.78 is 5.31. The average Bonchev–Trinajstić information content (AvgIpc) is 2.62. The van der Waals surface area contributed by atoms with Gasteiger partial charge in [-0.1, -0.05) is 23.7 Å². The minimum atomic E-state index is -0.133. The second kappa shape index (κ2) is 8.10. The van der Waals surface area contributed by atoms with Crippen molar-refractivity contribution in [2.45, 2.75) is 12.8 Å². The van der Waals surface area contributed by atoms with E-state index >= 15 is 0 Å². The molecule has 0 radical (unpaired) electrons. The maximum Gasteiger partial charge on any atom is 0.236 e. The Morgan fingerprint density at radius 3 is 2.75 bits per heavy atom. The van der Waals surface area contributed by atoms with Gasteiger partial charge < -0.3 is 9.64 Å². The number of ketones is 1. The lowest BCUT2D eigenvalue weighted by Gasteiger charge is -2.34. The summed E-state index contributed by atoms with van der Waals surface area (Å²) in [5.74, 6) is 0.0627. The summed E-state index contributed by atoms with van der Waals surface area (Å²) in [5.41, 5.74) is 0.634. The van der Waals surface area contributed by atoms with Crippen molar-refractivity contribution < 1.29 is 14.3 Å². The molecular formula is C18H23ClN2O3. The Balaban J connectivity index is 1.59. The quantitative estimate of drug-likeness (QED) is 0.780. The number of benzene rings is 1. The van der Waals surface area contributed by atoms with Gasteiger partial charge in [0, 0.05) is 42.7 Å². The Labute approximate surface area is 147 Å². The lowest BCUT2D eigenvalue weighted by Crippen LogP contribution is -2.48. The number of hydrogen-bond acceptors (Lipinski definition) is 4. The van der Waals surface area contributed by atoms with Crippen LogP contribution < -0.4 is 0 Å². The maximum absolute atomic E-state index is 12.7. The minimum absolute atomic E-state index is 0.0846. The molecule has 2 aliphatic heterocycles. The molecule has 5 nitrogen and oxygen atoms in total. The molecule has 2 fully saturated rings. The van der Waals surface area contributed by atoms with Crippen LogP contribution in [-0.2, 0) is 9.53 Å². The Bertz CT molecular complexity index is 602. The predicted octanol–water partition coefficient (Wildman–Crippen LogP) is 2.09. The van der Waals surface area contributed by atoms with E-state index < -0.39 is 0 Å². The predicted molar refractivity (Wildman–Crippen MR) is 92.3 cm³/mol.